The third-order valence-electron chi connectivity index (χ3n) is 4.73. The van der Waals surface area contributed by atoms with Crippen LogP contribution in [0.4, 0.5) is 0 Å². The predicted molar refractivity (Wildman–Crippen MR) is 99.1 cm³/mol. The summed E-state index contributed by atoms with van der Waals surface area (Å²) in [5.41, 5.74) is 0.900. The van der Waals surface area contributed by atoms with Crippen LogP contribution in [0.3, 0.4) is 0 Å². The Bertz CT molecular complexity index is 793. The first kappa shape index (κ1) is 19.8. The minimum absolute atomic E-state index is 0.358. The first-order valence-electron chi connectivity index (χ1n) is 8.66. The molecule has 2 amide bonds. The Morgan fingerprint density at radius 1 is 1.23 bits per heavy atom. The number of imide groups is 1. The van der Waals surface area contributed by atoms with Gasteiger partial charge in [-0.15, -0.1) is 0 Å². The highest BCUT2D eigenvalue weighted by atomic mass is 16.3. The van der Waals surface area contributed by atoms with Crippen molar-refractivity contribution < 1.29 is 18.8 Å². The lowest BCUT2D eigenvalue weighted by molar-refractivity contribution is -0.131. The van der Waals surface area contributed by atoms with Crippen molar-refractivity contribution in [3.63, 3.8) is 0 Å². The largest absolute Gasteiger partial charge is 0.459 e. The van der Waals surface area contributed by atoms with Crippen LogP contribution in [-0.4, -0.2) is 39.2 Å². The number of nitrogens with one attached hydrogen (secondary N) is 3. The molecule has 0 radical (unpaired) electrons. The Morgan fingerprint density at radius 3 is 2.58 bits per heavy atom. The van der Waals surface area contributed by atoms with Crippen LogP contribution >= 0.6 is 0 Å². The number of hydrogen-bond donors (Lipinski definition) is 3. The molecule has 26 heavy (non-hydrogen) atoms. The fourth-order valence-corrected chi connectivity index (χ4v) is 3.18. The predicted octanol–water partition coefficient (Wildman–Crippen LogP) is 1.49. The van der Waals surface area contributed by atoms with Gasteiger partial charge in [0, 0.05) is 10.9 Å². The van der Waals surface area contributed by atoms with Crippen molar-refractivity contribution in [3.05, 3.63) is 35.1 Å². The number of amides is 2. The number of rotatable bonds is 10. The van der Waals surface area contributed by atoms with Gasteiger partial charge in [-0.3, -0.25) is 19.7 Å². The van der Waals surface area contributed by atoms with Crippen molar-refractivity contribution in [1.29, 1.82) is 0 Å². The number of furan rings is 1. The van der Waals surface area contributed by atoms with Crippen LogP contribution in [0.5, 0.6) is 0 Å². The van der Waals surface area contributed by atoms with Crippen molar-refractivity contribution in [3.8, 4) is 0 Å². The van der Waals surface area contributed by atoms with E-state index in [0.717, 1.165) is 36.6 Å². The van der Waals surface area contributed by atoms with E-state index in [0.29, 0.717) is 29.7 Å². The Balaban J connectivity index is 2.50. The maximum Gasteiger partial charge on any atom is 0.254 e. The van der Waals surface area contributed by atoms with Gasteiger partial charge < -0.3 is 15.1 Å². The first-order chi connectivity index (χ1) is 12.6. The maximum absolute atomic E-state index is 12.4. The molecule has 0 aliphatic rings. The zero-order valence-corrected chi connectivity index (χ0v) is 15.3. The lowest BCUT2D eigenvalue weighted by Gasteiger charge is -2.27. The van der Waals surface area contributed by atoms with Gasteiger partial charge in [-0.2, -0.15) is 0 Å². The van der Waals surface area contributed by atoms with Crippen LogP contribution in [0.2, 0.25) is 0 Å². The van der Waals surface area contributed by atoms with Gasteiger partial charge in [-0.05, 0) is 63.7 Å². The van der Waals surface area contributed by atoms with E-state index >= 15 is 0 Å². The van der Waals surface area contributed by atoms with Crippen molar-refractivity contribution in [2.75, 3.05) is 20.6 Å². The quantitative estimate of drug-likeness (QED) is 0.439. The van der Waals surface area contributed by atoms with E-state index in [1.165, 1.54) is 0 Å². The zero-order chi connectivity index (χ0) is 19.2. The summed E-state index contributed by atoms with van der Waals surface area (Å²) in [6.45, 7) is 2.69. The molecule has 0 aliphatic heterocycles. The number of fused-ring (bicyclic) bond motifs is 1. The summed E-state index contributed by atoms with van der Waals surface area (Å²) in [7, 11) is 3.53. The minimum atomic E-state index is -1.16. The van der Waals surface area contributed by atoms with Crippen molar-refractivity contribution in [2.24, 2.45) is 0 Å². The van der Waals surface area contributed by atoms with E-state index in [9.17, 15) is 14.4 Å². The standard InChI is InChI=1S/C19H25N3O4/c1-4-19(21-3,18(25)22-12-24)17-10-14-8-13(6-5-7-20-2)15(11-23)9-16(14)26-17/h8-12,20-21H,4-7H2,1-3H3,(H,22,24,25)/t19-/m0/s1. The van der Waals surface area contributed by atoms with Gasteiger partial charge in [-0.25, -0.2) is 0 Å². The lowest BCUT2D eigenvalue weighted by Crippen LogP contribution is -2.52. The zero-order valence-electron chi connectivity index (χ0n) is 15.3. The van der Waals surface area contributed by atoms with Gasteiger partial charge in [0.15, 0.2) is 5.54 Å². The molecule has 0 saturated carbocycles. The number of carbonyl (C=O) groups is 3. The van der Waals surface area contributed by atoms with Crippen LogP contribution in [0.25, 0.3) is 11.0 Å². The third-order valence-corrected chi connectivity index (χ3v) is 4.73. The molecule has 0 spiro atoms. The summed E-state index contributed by atoms with van der Waals surface area (Å²) in [4.78, 5) is 34.6. The normalized spacial score (nSPS) is 13.3. The smallest absolute Gasteiger partial charge is 0.254 e. The fraction of sp³-hybridized carbons (Fsp3) is 0.421. The van der Waals surface area contributed by atoms with E-state index in [-0.39, 0.29) is 0 Å². The van der Waals surface area contributed by atoms with E-state index in [1.807, 2.05) is 20.0 Å². The molecule has 1 aromatic heterocycles. The Labute approximate surface area is 152 Å². The van der Waals surface area contributed by atoms with Gasteiger partial charge in [0.1, 0.15) is 17.6 Å². The number of carbonyl (C=O) groups excluding carboxylic acids is 3. The van der Waals surface area contributed by atoms with Gasteiger partial charge in [-0.1, -0.05) is 6.92 Å². The molecule has 1 atom stereocenters. The number of hydrogen-bond acceptors (Lipinski definition) is 6. The maximum atomic E-state index is 12.4. The highest BCUT2D eigenvalue weighted by Gasteiger charge is 2.40. The second-order valence-corrected chi connectivity index (χ2v) is 6.12. The third kappa shape index (κ3) is 3.68. The molecule has 2 aromatic rings. The summed E-state index contributed by atoms with van der Waals surface area (Å²) >= 11 is 0. The molecule has 0 saturated heterocycles. The molecule has 0 aliphatic carbocycles. The average Bonchev–Trinajstić information content (AvgIpc) is 3.06. The molecule has 7 nitrogen and oxygen atoms in total. The monoisotopic (exact) mass is 359 g/mol. The van der Waals surface area contributed by atoms with Crippen molar-refractivity contribution >= 4 is 29.6 Å². The van der Waals surface area contributed by atoms with Crippen LogP contribution in [0.1, 0.15) is 41.4 Å². The molecule has 3 N–H and O–H groups in total. The highest BCUT2D eigenvalue weighted by molar-refractivity contribution is 5.95. The Kier molecular flexibility index (Phi) is 6.65. The van der Waals surface area contributed by atoms with E-state index in [4.69, 9.17) is 4.42 Å². The summed E-state index contributed by atoms with van der Waals surface area (Å²) < 4.78 is 5.90. The van der Waals surface area contributed by atoms with Crippen LogP contribution in [0, 0.1) is 0 Å². The SMILES string of the molecule is CC[C@@](NC)(C(=O)NC=O)c1cc2cc(CCCNC)c(C=O)cc2o1. The number of aryl methyl sites for hydroxylation is 1. The van der Waals surface area contributed by atoms with Gasteiger partial charge in [0.2, 0.25) is 6.41 Å². The van der Waals surface area contributed by atoms with E-state index < -0.39 is 11.4 Å². The highest BCUT2D eigenvalue weighted by Crippen LogP contribution is 2.32. The molecular formula is C19H25N3O4. The fourth-order valence-electron chi connectivity index (χ4n) is 3.18. The lowest BCUT2D eigenvalue weighted by atomic mass is 9.91. The van der Waals surface area contributed by atoms with Crippen LogP contribution < -0.4 is 16.0 Å². The number of likely N-dealkylation sites (N-methyl/N-ethyl adjacent to an activating group) is 1. The van der Waals surface area contributed by atoms with Crippen LogP contribution in [0.15, 0.2) is 22.6 Å². The molecule has 1 heterocycles. The summed E-state index contributed by atoms with van der Waals surface area (Å²) in [5, 5.41) is 9.07. The number of benzene rings is 1. The summed E-state index contributed by atoms with van der Waals surface area (Å²) in [6.07, 6.45) is 3.24. The van der Waals surface area contributed by atoms with Gasteiger partial charge in [0.25, 0.3) is 5.91 Å². The second kappa shape index (κ2) is 8.73. The Hall–Kier alpha value is -2.51. The van der Waals surface area contributed by atoms with E-state index in [2.05, 4.69) is 16.0 Å². The topological polar surface area (TPSA) is 100 Å². The molecular weight excluding hydrogens is 334 g/mol. The minimum Gasteiger partial charge on any atom is -0.459 e. The van der Waals surface area contributed by atoms with Crippen molar-refractivity contribution in [2.45, 2.75) is 31.7 Å². The molecule has 7 heteroatoms. The molecule has 140 valence electrons. The summed E-state index contributed by atoms with van der Waals surface area (Å²) in [5.74, 6) is -0.0810. The van der Waals surface area contributed by atoms with E-state index in [1.54, 1.807) is 19.2 Å². The van der Waals surface area contributed by atoms with Crippen molar-refractivity contribution in [1.82, 2.24) is 16.0 Å². The first-order valence-corrected chi connectivity index (χ1v) is 8.66. The van der Waals surface area contributed by atoms with Gasteiger partial charge in [0.05, 0.1) is 0 Å². The molecule has 0 unspecified atom stereocenters. The summed E-state index contributed by atoms with van der Waals surface area (Å²) in [6, 6.07) is 5.42. The Morgan fingerprint density at radius 2 is 2.00 bits per heavy atom. The average molecular weight is 359 g/mol. The molecule has 0 bridgehead atoms. The molecule has 1 aromatic carbocycles. The van der Waals surface area contributed by atoms with Crippen LogP contribution in [-0.2, 0) is 21.5 Å². The van der Waals surface area contributed by atoms with Gasteiger partial charge >= 0.3 is 0 Å². The second-order valence-electron chi connectivity index (χ2n) is 6.12. The molecule has 0 fully saturated rings. The molecule has 2 rings (SSSR count). The number of aldehydes is 1.